The van der Waals surface area contributed by atoms with Gasteiger partial charge in [-0.3, -0.25) is 4.79 Å². The SMILES string of the molecule is O=C(/C=C(/S)c1ccccc1)C(F)(F)C(F)F. The normalized spacial score (nSPS) is 12.9. The summed E-state index contributed by atoms with van der Waals surface area (Å²) in [5.41, 5.74) is 0.397. The van der Waals surface area contributed by atoms with Crippen molar-refractivity contribution in [3.05, 3.63) is 42.0 Å². The first-order valence-electron chi connectivity index (χ1n) is 4.52. The lowest BCUT2D eigenvalue weighted by Gasteiger charge is -2.11. The molecule has 0 aliphatic carbocycles. The standard InChI is InChI=1S/C11H8F4OS/c12-10(13)11(14,15)9(16)6-8(17)7-4-2-1-3-5-7/h1-6,10,17H/b8-6+. The number of hydrogen-bond acceptors (Lipinski definition) is 2. The van der Waals surface area contributed by atoms with Crippen LogP contribution in [0.5, 0.6) is 0 Å². The molecular formula is C11H8F4OS. The van der Waals surface area contributed by atoms with Crippen molar-refractivity contribution >= 4 is 23.3 Å². The van der Waals surface area contributed by atoms with Crippen LogP contribution in [0, 0.1) is 0 Å². The lowest BCUT2D eigenvalue weighted by molar-refractivity contribution is -0.161. The first kappa shape index (κ1) is 13.8. The number of ketones is 1. The molecule has 0 aliphatic rings. The summed E-state index contributed by atoms with van der Waals surface area (Å²) in [4.78, 5) is 10.8. The van der Waals surface area contributed by atoms with Crippen LogP contribution in [-0.4, -0.2) is 18.1 Å². The van der Waals surface area contributed by atoms with Gasteiger partial charge in [0, 0.05) is 11.0 Å². The fourth-order valence-electron chi connectivity index (χ4n) is 1.02. The van der Waals surface area contributed by atoms with E-state index in [0.717, 1.165) is 0 Å². The molecule has 1 aromatic carbocycles. The van der Waals surface area contributed by atoms with E-state index in [1.807, 2.05) is 0 Å². The third-order valence-electron chi connectivity index (χ3n) is 1.94. The minimum Gasteiger partial charge on any atom is -0.288 e. The number of allylic oxidation sites excluding steroid dienone is 1. The maximum Gasteiger partial charge on any atom is 0.368 e. The predicted octanol–water partition coefficient (Wildman–Crippen LogP) is 3.43. The molecule has 0 heterocycles. The number of alkyl halides is 4. The second-order valence-electron chi connectivity index (χ2n) is 3.18. The van der Waals surface area contributed by atoms with E-state index in [2.05, 4.69) is 12.6 Å². The summed E-state index contributed by atoms with van der Waals surface area (Å²) in [6.45, 7) is 0. The predicted molar refractivity (Wildman–Crippen MR) is 59.4 cm³/mol. The molecule has 0 fully saturated rings. The first-order valence-corrected chi connectivity index (χ1v) is 4.97. The van der Waals surface area contributed by atoms with E-state index in [4.69, 9.17) is 0 Å². The zero-order valence-electron chi connectivity index (χ0n) is 8.41. The number of carbonyl (C=O) groups is 1. The Morgan fingerprint density at radius 1 is 1.24 bits per heavy atom. The molecule has 1 rings (SSSR count). The van der Waals surface area contributed by atoms with Crippen LogP contribution in [0.25, 0.3) is 4.91 Å². The van der Waals surface area contributed by atoms with Crippen LogP contribution < -0.4 is 0 Å². The van der Waals surface area contributed by atoms with Gasteiger partial charge in [-0.05, 0) is 5.56 Å². The molecule has 0 saturated heterocycles. The highest BCUT2D eigenvalue weighted by atomic mass is 32.1. The molecule has 0 radical (unpaired) electrons. The Bertz CT molecular complexity index is 428. The van der Waals surface area contributed by atoms with Crippen molar-refractivity contribution in [2.24, 2.45) is 0 Å². The lowest BCUT2D eigenvalue weighted by Crippen LogP contribution is -2.35. The maximum absolute atomic E-state index is 12.6. The van der Waals surface area contributed by atoms with E-state index in [1.54, 1.807) is 18.2 Å². The van der Waals surface area contributed by atoms with Gasteiger partial charge in [-0.15, -0.1) is 12.6 Å². The quantitative estimate of drug-likeness (QED) is 0.501. The topological polar surface area (TPSA) is 17.1 Å². The Morgan fingerprint density at radius 2 is 1.76 bits per heavy atom. The summed E-state index contributed by atoms with van der Waals surface area (Å²) in [6.07, 6.45) is -3.62. The maximum atomic E-state index is 12.6. The highest BCUT2D eigenvalue weighted by molar-refractivity contribution is 7.90. The highest BCUT2D eigenvalue weighted by Gasteiger charge is 2.47. The number of benzene rings is 1. The monoisotopic (exact) mass is 264 g/mol. The van der Waals surface area contributed by atoms with Crippen LogP contribution in [0.2, 0.25) is 0 Å². The molecule has 0 aliphatic heterocycles. The van der Waals surface area contributed by atoms with Crippen molar-refractivity contribution < 1.29 is 22.4 Å². The van der Waals surface area contributed by atoms with Gasteiger partial charge in [0.2, 0.25) is 5.78 Å². The molecule has 92 valence electrons. The molecule has 17 heavy (non-hydrogen) atoms. The Morgan fingerprint density at radius 3 is 2.24 bits per heavy atom. The van der Waals surface area contributed by atoms with Crippen LogP contribution in [-0.2, 0) is 4.79 Å². The summed E-state index contributed by atoms with van der Waals surface area (Å²) in [5, 5.41) is 0. The minimum atomic E-state index is -4.68. The van der Waals surface area contributed by atoms with Crippen LogP contribution in [0.1, 0.15) is 5.56 Å². The van der Waals surface area contributed by atoms with Crippen LogP contribution in [0.3, 0.4) is 0 Å². The minimum absolute atomic E-state index is 0.0871. The van der Waals surface area contributed by atoms with Crippen molar-refractivity contribution in [3.8, 4) is 0 Å². The van der Waals surface area contributed by atoms with Crippen molar-refractivity contribution in [2.75, 3.05) is 0 Å². The molecule has 0 N–H and O–H groups in total. The van der Waals surface area contributed by atoms with Gasteiger partial charge in [0.1, 0.15) is 0 Å². The molecule has 1 aromatic rings. The molecule has 0 saturated carbocycles. The van der Waals surface area contributed by atoms with Gasteiger partial charge in [0.15, 0.2) is 0 Å². The zero-order valence-corrected chi connectivity index (χ0v) is 9.30. The van der Waals surface area contributed by atoms with Gasteiger partial charge in [-0.1, -0.05) is 30.3 Å². The molecule has 6 heteroatoms. The van der Waals surface area contributed by atoms with Crippen molar-refractivity contribution in [1.29, 1.82) is 0 Å². The van der Waals surface area contributed by atoms with Crippen molar-refractivity contribution in [3.63, 3.8) is 0 Å². The summed E-state index contributed by atoms with van der Waals surface area (Å²) in [7, 11) is 0. The third kappa shape index (κ3) is 3.33. The summed E-state index contributed by atoms with van der Waals surface area (Å²) in [5.74, 6) is -6.63. The van der Waals surface area contributed by atoms with E-state index < -0.39 is 18.1 Å². The molecule has 0 unspecified atom stereocenters. The van der Waals surface area contributed by atoms with Crippen molar-refractivity contribution in [2.45, 2.75) is 12.3 Å². The first-order chi connectivity index (χ1) is 7.85. The van der Waals surface area contributed by atoms with Gasteiger partial charge < -0.3 is 0 Å². The number of halogens is 4. The van der Waals surface area contributed by atoms with E-state index in [-0.39, 0.29) is 4.91 Å². The summed E-state index contributed by atoms with van der Waals surface area (Å²) < 4.78 is 49.1. The van der Waals surface area contributed by atoms with Crippen molar-refractivity contribution in [1.82, 2.24) is 0 Å². The van der Waals surface area contributed by atoms with Crippen LogP contribution in [0.4, 0.5) is 17.6 Å². The van der Waals surface area contributed by atoms with E-state index >= 15 is 0 Å². The highest BCUT2D eigenvalue weighted by Crippen LogP contribution is 2.27. The average molecular weight is 264 g/mol. The molecular weight excluding hydrogens is 256 g/mol. The molecule has 0 bridgehead atoms. The lowest BCUT2D eigenvalue weighted by atomic mass is 10.1. The molecule has 1 nitrogen and oxygen atoms in total. The second-order valence-corrected chi connectivity index (χ2v) is 3.67. The fourth-order valence-corrected chi connectivity index (χ4v) is 1.29. The number of rotatable bonds is 4. The van der Waals surface area contributed by atoms with Crippen LogP contribution in [0.15, 0.2) is 36.4 Å². The second kappa shape index (κ2) is 5.35. The Labute approximate surface area is 101 Å². The van der Waals surface area contributed by atoms with E-state index in [0.29, 0.717) is 11.6 Å². The van der Waals surface area contributed by atoms with E-state index in [1.165, 1.54) is 12.1 Å². The van der Waals surface area contributed by atoms with Gasteiger partial charge >= 0.3 is 12.3 Å². The van der Waals surface area contributed by atoms with Gasteiger partial charge in [-0.2, -0.15) is 8.78 Å². The largest absolute Gasteiger partial charge is 0.368 e. The molecule has 0 spiro atoms. The fraction of sp³-hybridized carbons (Fsp3) is 0.182. The van der Waals surface area contributed by atoms with Gasteiger partial charge in [0.25, 0.3) is 0 Å². The Hall–Kier alpha value is -1.30. The van der Waals surface area contributed by atoms with Gasteiger partial charge in [0.05, 0.1) is 0 Å². The smallest absolute Gasteiger partial charge is 0.288 e. The average Bonchev–Trinajstić information content (AvgIpc) is 2.29. The number of hydrogen-bond donors (Lipinski definition) is 1. The Balaban J connectivity index is 2.94. The van der Waals surface area contributed by atoms with E-state index in [9.17, 15) is 22.4 Å². The number of thiol groups is 1. The molecule has 0 amide bonds. The summed E-state index contributed by atoms with van der Waals surface area (Å²) >= 11 is 3.82. The molecule has 0 atom stereocenters. The van der Waals surface area contributed by atoms with Crippen LogP contribution >= 0.6 is 12.6 Å². The number of carbonyl (C=O) groups excluding carboxylic acids is 1. The Kier molecular flexibility index (Phi) is 4.34. The third-order valence-corrected chi connectivity index (χ3v) is 2.33. The summed E-state index contributed by atoms with van der Waals surface area (Å²) in [6, 6.07) is 7.93. The molecule has 0 aromatic heterocycles. The zero-order chi connectivity index (χ0) is 13.1. The van der Waals surface area contributed by atoms with Gasteiger partial charge in [-0.25, -0.2) is 8.78 Å².